The zero-order valence-electron chi connectivity index (χ0n) is 11.4. The van der Waals surface area contributed by atoms with Crippen LogP contribution in [0.1, 0.15) is 23.3 Å². The van der Waals surface area contributed by atoms with Crippen LogP contribution in [0.3, 0.4) is 0 Å². The van der Waals surface area contributed by atoms with Gasteiger partial charge in [-0.15, -0.1) is 0 Å². The van der Waals surface area contributed by atoms with E-state index in [-0.39, 0.29) is 5.91 Å². The lowest BCUT2D eigenvalue weighted by Crippen LogP contribution is -2.64. The molecule has 2 fully saturated rings. The monoisotopic (exact) mass is 302 g/mol. The van der Waals surface area contributed by atoms with Gasteiger partial charge in [0, 0.05) is 5.39 Å². The summed E-state index contributed by atoms with van der Waals surface area (Å²) in [6.45, 7) is 0.811. The summed E-state index contributed by atoms with van der Waals surface area (Å²) < 4.78 is 0. The van der Waals surface area contributed by atoms with Crippen molar-refractivity contribution in [3.63, 3.8) is 0 Å². The van der Waals surface area contributed by atoms with Gasteiger partial charge in [-0.25, -0.2) is 4.98 Å². The zero-order chi connectivity index (χ0) is 14.6. The summed E-state index contributed by atoms with van der Waals surface area (Å²) >= 11 is 6.16. The van der Waals surface area contributed by atoms with Gasteiger partial charge in [0.1, 0.15) is 16.4 Å². The second-order valence-electron chi connectivity index (χ2n) is 6.06. The third-order valence-corrected chi connectivity index (χ3v) is 4.75. The number of hydrogen-bond acceptors (Lipinski definition) is 3. The molecule has 1 N–H and O–H groups in total. The smallest absolute Gasteiger partial charge is 0.272 e. The first-order valence-corrected chi connectivity index (χ1v) is 7.51. The van der Waals surface area contributed by atoms with Crippen molar-refractivity contribution in [3.05, 3.63) is 41.2 Å². The average Bonchev–Trinajstić information content (AvgIpc) is 3.28. The molecule has 108 valence electrons. The molecule has 1 aliphatic heterocycles. The Hall–Kier alpha value is -1.65. The van der Waals surface area contributed by atoms with E-state index in [9.17, 15) is 9.90 Å². The summed E-state index contributed by atoms with van der Waals surface area (Å²) in [5.74, 6) is 0.211. The second kappa shape index (κ2) is 4.42. The van der Waals surface area contributed by atoms with Gasteiger partial charge in [-0.2, -0.15) is 0 Å². The van der Waals surface area contributed by atoms with Crippen LogP contribution in [0.5, 0.6) is 0 Å². The standard InChI is InChI=1S/C16H15ClN2O2/c17-14-12-4-2-1-3-10(12)7-13(18-14)15(20)19-8-16(21,9-19)11-5-6-11/h1-4,7,11,21H,5-6,8-9H2. The number of amides is 1. The molecule has 2 aromatic rings. The van der Waals surface area contributed by atoms with Crippen molar-refractivity contribution in [2.75, 3.05) is 13.1 Å². The third kappa shape index (κ3) is 2.10. The average molecular weight is 303 g/mol. The van der Waals surface area contributed by atoms with Gasteiger partial charge in [-0.05, 0) is 30.2 Å². The van der Waals surface area contributed by atoms with Crippen molar-refractivity contribution in [1.29, 1.82) is 0 Å². The first-order valence-electron chi connectivity index (χ1n) is 7.14. The minimum atomic E-state index is -0.670. The van der Waals surface area contributed by atoms with E-state index in [0.717, 1.165) is 23.6 Å². The van der Waals surface area contributed by atoms with Gasteiger partial charge in [0.15, 0.2) is 0 Å². The lowest BCUT2D eigenvalue weighted by atomic mass is 9.88. The summed E-state index contributed by atoms with van der Waals surface area (Å²) in [5, 5.41) is 12.4. The van der Waals surface area contributed by atoms with Crippen LogP contribution in [-0.4, -0.2) is 39.6 Å². The van der Waals surface area contributed by atoms with Gasteiger partial charge >= 0.3 is 0 Å². The van der Waals surface area contributed by atoms with Gasteiger partial charge in [0.2, 0.25) is 0 Å². The van der Waals surface area contributed by atoms with Crippen LogP contribution in [0.25, 0.3) is 10.8 Å². The van der Waals surface area contributed by atoms with Gasteiger partial charge in [0.05, 0.1) is 13.1 Å². The number of pyridine rings is 1. The molecule has 0 atom stereocenters. The van der Waals surface area contributed by atoms with Crippen molar-refractivity contribution in [3.8, 4) is 0 Å². The summed E-state index contributed by atoms with van der Waals surface area (Å²) in [5.41, 5.74) is -0.326. The van der Waals surface area contributed by atoms with E-state index in [1.54, 1.807) is 11.0 Å². The maximum Gasteiger partial charge on any atom is 0.272 e. The van der Waals surface area contributed by atoms with Crippen LogP contribution < -0.4 is 0 Å². The Morgan fingerprint density at radius 3 is 2.76 bits per heavy atom. The van der Waals surface area contributed by atoms with Crippen LogP contribution in [0.2, 0.25) is 5.15 Å². The number of hydrogen-bond donors (Lipinski definition) is 1. The van der Waals surface area contributed by atoms with Crippen molar-refractivity contribution in [1.82, 2.24) is 9.88 Å². The van der Waals surface area contributed by atoms with Crippen molar-refractivity contribution < 1.29 is 9.90 Å². The second-order valence-corrected chi connectivity index (χ2v) is 6.42. The van der Waals surface area contributed by atoms with E-state index in [0.29, 0.717) is 29.9 Å². The number of halogens is 1. The molecule has 0 radical (unpaired) electrons. The maximum absolute atomic E-state index is 12.4. The zero-order valence-corrected chi connectivity index (χ0v) is 12.2. The van der Waals surface area contributed by atoms with Gasteiger partial charge < -0.3 is 10.0 Å². The summed E-state index contributed by atoms with van der Waals surface area (Å²) in [6, 6.07) is 9.35. The Morgan fingerprint density at radius 2 is 2.05 bits per heavy atom. The number of aliphatic hydroxyl groups is 1. The number of carbonyl (C=O) groups excluding carboxylic acids is 1. The quantitative estimate of drug-likeness (QED) is 0.867. The SMILES string of the molecule is O=C(c1cc2ccccc2c(Cl)n1)N1CC(O)(C2CC2)C1. The highest BCUT2D eigenvalue weighted by Crippen LogP contribution is 2.44. The number of nitrogens with zero attached hydrogens (tertiary/aromatic N) is 2. The molecule has 4 rings (SSSR count). The molecule has 2 aliphatic rings. The maximum atomic E-state index is 12.4. The molecule has 4 nitrogen and oxygen atoms in total. The Balaban J connectivity index is 1.60. The molecular weight excluding hydrogens is 288 g/mol. The predicted octanol–water partition coefficient (Wildman–Crippen LogP) is 2.49. The van der Waals surface area contributed by atoms with Crippen molar-refractivity contribution in [2.45, 2.75) is 18.4 Å². The molecule has 5 heteroatoms. The number of β-amino-alcohol motifs (C(OH)–C–C–N with tert-alkyl or cyclic N) is 1. The highest BCUT2D eigenvalue weighted by molar-refractivity contribution is 6.34. The minimum absolute atomic E-state index is 0.159. The molecule has 0 unspecified atom stereocenters. The van der Waals surface area contributed by atoms with Gasteiger partial charge in [-0.1, -0.05) is 35.9 Å². The topological polar surface area (TPSA) is 53.4 Å². The lowest BCUT2D eigenvalue weighted by Gasteiger charge is -2.46. The number of fused-ring (bicyclic) bond motifs is 1. The van der Waals surface area contributed by atoms with Gasteiger partial charge in [-0.3, -0.25) is 4.79 Å². The fourth-order valence-corrected chi connectivity index (χ4v) is 3.33. The summed E-state index contributed by atoms with van der Waals surface area (Å²) in [4.78, 5) is 18.3. The molecule has 1 aliphatic carbocycles. The third-order valence-electron chi connectivity index (χ3n) is 4.47. The lowest BCUT2D eigenvalue weighted by molar-refractivity contribution is -0.0959. The first kappa shape index (κ1) is 13.0. The van der Waals surface area contributed by atoms with Crippen LogP contribution in [-0.2, 0) is 0 Å². The minimum Gasteiger partial charge on any atom is -0.386 e. The van der Waals surface area contributed by atoms with Crippen LogP contribution in [0, 0.1) is 5.92 Å². The van der Waals surface area contributed by atoms with E-state index in [4.69, 9.17) is 11.6 Å². The first-order chi connectivity index (χ1) is 10.1. The van der Waals surface area contributed by atoms with E-state index in [1.807, 2.05) is 24.3 Å². The molecule has 1 amide bonds. The molecule has 0 spiro atoms. The molecule has 1 saturated heterocycles. The van der Waals surface area contributed by atoms with E-state index < -0.39 is 5.60 Å². The normalized spacial score (nSPS) is 20.4. The number of aromatic nitrogens is 1. The summed E-state index contributed by atoms with van der Waals surface area (Å²) in [6.07, 6.45) is 2.14. The van der Waals surface area contributed by atoms with E-state index in [2.05, 4.69) is 4.98 Å². The molecule has 2 heterocycles. The van der Waals surface area contributed by atoms with Gasteiger partial charge in [0.25, 0.3) is 5.91 Å². The van der Waals surface area contributed by atoms with Crippen LogP contribution >= 0.6 is 11.6 Å². The number of carbonyl (C=O) groups is 1. The highest BCUT2D eigenvalue weighted by atomic mass is 35.5. The van der Waals surface area contributed by atoms with Crippen LogP contribution in [0.15, 0.2) is 30.3 Å². The summed E-state index contributed by atoms with van der Waals surface area (Å²) in [7, 11) is 0. The number of rotatable bonds is 2. The predicted molar refractivity (Wildman–Crippen MR) is 80.3 cm³/mol. The van der Waals surface area contributed by atoms with Crippen molar-refractivity contribution >= 4 is 28.3 Å². The Kier molecular flexibility index (Phi) is 2.75. The Morgan fingerprint density at radius 1 is 1.33 bits per heavy atom. The molecule has 1 aromatic carbocycles. The van der Waals surface area contributed by atoms with E-state index in [1.165, 1.54) is 0 Å². The highest BCUT2D eigenvalue weighted by Gasteiger charge is 2.53. The number of likely N-dealkylation sites (tertiary alicyclic amines) is 1. The fraction of sp³-hybridized carbons (Fsp3) is 0.375. The molecule has 0 bridgehead atoms. The molecule has 1 saturated carbocycles. The molecular formula is C16H15ClN2O2. The van der Waals surface area contributed by atoms with Crippen LogP contribution in [0.4, 0.5) is 0 Å². The Bertz CT molecular complexity index is 736. The Labute approximate surface area is 127 Å². The number of benzene rings is 1. The fourth-order valence-electron chi connectivity index (χ4n) is 3.07. The van der Waals surface area contributed by atoms with E-state index >= 15 is 0 Å². The molecule has 21 heavy (non-hydrogen) atoms. The molecule has 1 aromatic heterocycles. The largest absolute Gasteiger partial charge is 0.386 e. The van der Waals surface area contributed by atoms with Crippen molar-refractivity contribution in [2.24, 2.45) is 5.92 Å².